The predicted octanol–water partition coefficient (Wildman–Crippen LogP) is 2.34. The van der Waals surface area contributed by atoms with Crippen molar-refractivity contribution >= 4 is 70.6 Å². The van der Waals surface area contributed by atoms with E-state index in [1.807, 2.05) is 0 Å². The maximum Gasteiger partial charge on any atom is 0.416 e. The van der Waals surface area contributed by atoms with Gasteiger partial charge in [0.05, 0.1) is 16.3 Å². The Kier molecular flexibility index (Phi) is 10.9. The SMILES string of the molecule is NCCNC(=O)C[n+]1ccc(SCC2=C(C(=O)O)N3C(=O)[C@H](NC(=O)CSc4cc(C(F)(F)F)ccc4Cl)[C@H]3SC2)cc1. The number of halogens is 4. The van der Waals surface area contributed by atoms with Gasteiger partial charge in [0.25, 0.3) is 11.8 Å². The molecule has 1 saturated heterocycles. The van der Waals surface area contributed by atoms with Crippen molar-refractivity contribution in [2.24, 2.45) is 5.73 Å². The second kappa shape index (κ2) is 14.2. The molecule has 2 atom stereocenters. The van der Waals surface area contributed by atoms with E-state index in [0.717, 1.165) is 39.8 Å². The normalized spacial score (nSPS) is 18.2. The predicted molar refractivity (Wildman–Crippen MR) is 156 cm³/mol. The van der Waals surface area contributed by atoms with E-state index in [1.54, 1.807) is 29.1 Å². The van der Waals surface area contributed by atoms with Crippen LogP contribution in [0.3, 0.4) is 0 Å². The fourth-order valence-electron chi connectivity index (χ4n) is 4.19. The highest BCUT2D eigenvalue weighted by molar-refractivity contribution is 8.01. The van der Waals surface area contributed by atoms with Crippen LogP contribution < -0.4 is 20.9 Å². The molecule has 3 heterocycles. The van der Waals surface area contributed by atoms with E-state index in [-0.39, 0.29) is 33.8 Å². The summed E-state index contributed by atoms with van der Waals surface area (Å²) >= 11 is 9.48. The molecule has 0 aliphatic carbocycles. The first-order valence-electron chi connectivity index (χ1n) is 12.7. The zero-order valence-corrected chi connectivity index (χ0v) is 25.4. The van der Waals surface area contributed by atoms with Gasteiger partial charge in [-0.3, -0.25) is 19.3 Å². The zero-order valence-electron chi connectivity index (χ0n) is 22.2. The summed E-state index contributed by atoms with van der Waals surface area (Å²) in [5.74, 6) is -2.29. The number of carbonyl (C=O) groups is 4. The molecule has 4 rings (SSSR count). The number of benzene rings is 1. The number of amides is 3. The van der Waals surface area contributed by atoms with Crippen LogP contribution in [0.5, 0.6) is 0 Å². The number of aromatic nitrogens is 1. The van der Waals surface area contributed by atoms with Gasteiger partial charge in [0.15, 0.2) is 12.4 Å². The Morgan fingerprint density at radius 3 is 2.53 bits per heavy atom. The molecule has 2 aromatic rings. The summed E-state index contributed by atoms with van der Waals surface area (Å²) in [4.78, 5) is 51.6. The number of pyridine rings is 1. The highest BCUT2D eigenvalue weighted by Crippen LogP contribution is 2.42. The largest absolute Gasteiger partial charge is 0.477 e. The van der Waals surface area contributed by atoms with Crippen LogP contribution in [0.1, 0.15) is 5.56 Å². The number of hydrogen-bond acceptors (Lipinski definition) is 8. The lowest BCUT2D eigenvalue weighted by atomic mass is 10.0. The quantitative estimate of drug-likeness (QED) is 0.151. The molecule has 0 spiro atoms. The van der Waals surface area contributed by atoms with Crippen LogP contribution in [-0.2, 0) is 31.9 Å². The highest BCUT2D eigenvalue weighted by atomic mass is 35.5. The molecule has 1 fully saturated rings. The Morgan fingerprint density at radius 1 is 1.16 bits per heavy atom. The number of nitrogens with one attached hydrogen (secondary N) is 2. The van der Waals surface area contributed by atoms with Gasteiger partial charge in [-0.15, -0.1) is 35.3 Å². The fraction of sp³-hybridized carbons (Fsp3) is 0.346. The second-order valence-corrected chi connectivity index (χ2v) is 12.9. The average molecular weight is 677 g/mol. The summed E-state index contributed by atoms with van der Waals surface area (Å²) in [5, 5.41) is 14.6. The van der Waals surface area contributed by atoms with Crippen molar-refractivity contribution in [3.8, 4) is 0 Å². The Morgan fingerprint density at radius 2 is 1.88 bits per heavy atom. The maximum absolute atomic E-state index is 13.0. The van der Waals surface area contributed by atoms with Crippen molar-refractivity contribution in [2.45, 2.75) is 33.9 Å². The average Bonchev–Trinajstić information content (AvgIpc) is 2.96. The highest BCUT2D eigenvalue weighted by Gasteiger charge is 2.54. The molecule has 10 nitrogen and oxygen atoms in total. The Hall–Kier alpha value is -2.92. The number of carboxylic acid groups (broad SMARTS) is 1. The Balaban J connectivity index is 1.33. The van der Waals surface area contributed by atoms with Gasteiger partial charge < -0.3 is 21.5 Å². The molecular weight excluding hydrogens is 651 g/mol. The second-order valence-electron chi connectivity index (χ2n) is 9.28. The van der Waals surface area contributed by atoms with E-state index in [4.69, 9.17) is 17.3 Å². The summed E-state index contributed by atoms with van der Waals surface area (Å²) in [6.45, 7) is 0.861. The van der Waals surface area contributed by atoms with Crippen molar-refractivity contribution in [2.75, 3.05) is 30.3 Å². The van der Waals surface area contributed by atoms with Crippen LogP contribution in [-0.4, -0.2) is 75.5 Å². The first kappa shape index (κ1) is 33.0. The molecule has 2 aliphatic rings. The van der Waals surface area contributed by atoms with E-state index in [9.17, 15) is 37.5 Å². The fourth-order valence-corrected chi connectivity index (χ4v) is 7.63. The first-order chi connectivity index (χ1) is 20.4. The number of carbonyl (C=O) groups excluding carboxylic acids is 3. The van der Waals surface area contributed by atoms with Crippen molar-refractivity contribution < 1.29 is 42.0 Å². The molecule has 17 heteroatoms. The smallest absolute Gasteiger partial charge is 0.416 e. The van der Waals surface area contributed by atoms with Gasteiger partial charge in [-0.1, -0.05) is 11.6 Å². The zero-order chi connectivity index (χ0) is 31.3. The van der Waals surface area contributed by atoms with Gasteiger partial charge in [0.2, 0.25) is 12.5 Å². The third-order valence-corrected chi connectivity index (χ3v) is 10.2. The van der Waals surface area contributed by atoms with Crippen LogP contribution in [0.4, 0.5) is 13.2 Å². The van der Waals surface area contributed by atoms with Crippen molar-refractivity contribution in [1.29, 1.82) is 0 Å². The molecule has 1 aromatic carbocycles. The van der Waals surface area contributed by atoms with Gasteiger partial charge in [0, 0.05) is 46.5 Å². The van der Waals surface area contributed by atoms with Crippen molar-refractivity contribution in [1.82, 2.24) is 15.5 Å². The molecule has 0 saturated carbocycles. The molecule has 43 heavy (non-hydrogen) atoms. The first-order valence-corrected chi connectivity index (χ1v) is 16.1. The monoisotopic (exact) mass is 676 g/mol. The van der Waals surface area contributed by atoms with Crippen LogP contribution in [0.25, 0.3) is 0 Å². The lowest BCUT2D eigenvalue weighted by Gasteiger charge is -2.49. The standard InChI is InChI=1S/C26H25ClF3N5O5S3/c27-17-2-1-15(26(28,29)30)9-18(17)42-13-20(37)33-21-23(38)35-22(25(39)40)14(12-43-24(21)35)11-41-16-3-7-34(8-4-16)10-19(36)32-6-5-31/h1-4,7-9,21,24H,5-6,10-13,31H2,(H2-,32,33,36,37,39,40)/p+1/t21-,24+/m0/s1. The van der Waals surface area contributed by atoms with Crippen LogP contribution in [0.15, 0.2) is 63.8 Å². The summed E-state index contributed by atoms with van der Waals surface area (Å²) in [7, 11) is 0. The van der Waals surface area contributed by atoms with Crippen molar-refractivity contribution in [3.63, 3.8) is 0 Å². The number of aliphatic carboxylic acids is 1. The minimum Gasteiger partial charge on any atom is -0.477 e. The van der Waals surface area contributed by atoms with Gasteiger partial charge in [0.1, 0.15) is 17.1 Å². The molecule has 1 aromatic heterocycles. The number of thioether (sulfide) groups is 3. The molecule has 0 radical (unpaired) electrons. The number of hydrogen-bond donors (Lipinski definition) is 4. The summed E-state index contributed by atoms with van der Waals surface area (Å²) in [6, 6.07) is 5.43. The molecule has 2 aliphatic heterocycles. The van der Waals surface area contributed by atoms with Crippen molar-refractivity contribution in [3.05, 3.63) is 64.6 Å². The minimum absolute atomic E-state index is 0.0570. The summed E-state index contributed by atoms with van der Waals surface area (Å²) in [5.41, 5.74) is 4.90. The number of nitrogens with zero attached hydrogens (tertiary/aromatic N) is 2. The van der Waals surface area contributed by atoms with E-state index < -0.39 is 40.9 Å². The number of fused-ring (bicyclic) bond motifs is 1. The number of nitrogens with two attached hydrogens (primary N) is 1. The van der Waals surface area contributed by atoms with E-state index >= 15 is 0 Å². The van der Waals surface area contributed by atoms with E-state index in [1.165, 1.54) is 23.5 Å². The van der Waals surface area contributed by atoms with Gasteiger partial charge in [-0.25, -0.2) is 4.79 Å². The maximum atomic E-state index is 13.0. The molecule has 230 valence electrons. The summed E-state index contributed by atoms with van der Waals surface area (Å²) in [6.07, 6.45) is -1.11. The Labute approximate surface area is 261 Å². The Bertz CT molecular complexity index is 1440. The van der Waals surface area contributed by atoms with E-state index in [2.05, 4.69) is 10.6 Å². The lowest BCUT2D eigenvalue weighted by Crippen LogP contribution is -2.70. The third kappa shape index (κ3) is 8.17. The van der Waals surface area contributed by atoms with Gasteiger partial charge in [-0.05, 0) is 23.8 Å². The number of alkyl halides is 3. The lowest BCUT2D eigenvalue weighted by molar-refractivity contribution is -0.684. The molecular formula is C26H26ClF3N5O5S3+. The minimum atomic E-state index is -4.57. The van der Waals surface area contributed by atoms with E-state index in [0.29, 0.717) is 30.2 Å². The van der Waals surface area contributed by atoms with Crippen LogP contribution in [0.2, 0.25) is 5.02 Å². The molecule has 3 amide bonds. The van der Waals surface area contributed by atoms with Crippen LogP contribution in [0, 0.1) is 0 Å². The third-order valence-electron chi connectivity index (χ3n) is 6.25. The van der Waals surface area contributed by atoms with Gasteiger partial charge in [-0.2, -0.15) is 17.7 Å². The van der Waals surface area contributed by atoms with Crippen LogP contribution >= 0.6 is 46.9 Å². The topological polar surface area (TPSA) is 146 Å². The number of rotatable bonds is 12. The molecule has 0 bridgehead atoms. The number of β-lactam (4-membered cyclic amide) rings is 1. The number of carboxylic acids is 1. The molecule has 5 N–H and O–H groups in total. The molecule has 0 unspecified atom stereocenters. The summed E-state index contributed by atoms with van der Waals surface area (Å²) < 4.78 is 40.8. The van der Waals surface area contributed by atoms with Gasteiger partial charge >= 0.3 is 12.1 Å².